The Labute approximate surface area is 212 Å². The van der Waals surface area contributed by atoms with E-state index in [-0.39, 0.29) is 24.4 Å². The number of ether oxygens (including phenoxy) is 2. The normalized spacial score (nSPS) is 14.6. The molecule has 2 aromatic carbocycles. The van der Waals surface area contributed by atoms with E-state index in [4.69, 9.17) is 13.9 Å². The largest absolute Gasteiger partial charge is 0.497 e. The number of methoxy groups -OCH3 is 2. The zero-order chi connectivity index (χ0) is 25.5. The Morgan fingerprint density at radius 1 is 1.03 bits per heavy atom. The van der Waals surface area contributed by atoms with Gasteiger partial charge in [0.05, 0.1) is 26.0 Å². The molecule has 2 amide bonds. The second-order valence-electron chi connectivity index (χ2n) is 9.16. The second kappa shape index (κ2) is 11.8. The van der Waals surface area contributed by atoms with Crippen molar-refractivity contribution in [1.29, 1.82) is 0 Å². The maximum atomic E-state index is 14.0. The molecule has 1 aliphatic rings. The Balaban J connectivity index is 1.81. The van der Waals surface area contributed by atoms with E-state index in [2.05, 4.69) is 5.32 Å². The van der Waals surface area contributed by atoms with Gasteiger partial charge in [0.2, 0.25) is 5.91 Å². The van der Waals surface area contributed by atoms with Gasteiger partial charge in [-0.3, -0.25) is 9.59 Å². The lowest BCUT2D eigenvalue weighted by atomic mass is 9.94. The van der Waals surface area contributed by atoms with Gasteiger partial charge < -0.3 is 24.1 Å². The van der Waals surface area contributed by atoms with E-state index in [0.717, 1.165) is 31.2 Å². The van der Waals surface area contributed by atoms with Crippen LogP contribution < -0.4 is 14.8 Å². The zero-order valence-electron chi connectivity index (χ0n) is 21.2. The van der Waals surface area contributed by atoms with Crippen molar-refractivity contribution in [3.05, 3.63) is 83.3 Å². The van der Waals surface area contributed by atoms with Crippen LogP contribution in [0.3, 0.4) is 0 Å². The van der Waals surface area contributed by atoms with Gasteiger partial charge in [-0.05, 0) is 43.5 Å². The highest BCUT2D eigenvalue weighted by Crippen LogP contribution is 2.35. The number of nitrogens with one attached hydrogen (secondary N) is 1. The molecule has 7 heteroatoms. The fourth-order valence-electron chi connectivity index (χ4n) is 4.84. The van der Waals surface area contributed by atoms with Crippen LogP contribution in [-0.2, 0) is 11.3 Å². The van der Waals surface area contributed by atoms with Crippen molar-refractivity contribution in [3.63, 3.8) is 0 Å². The molecule has 0 bridgehead atoms. The molecular weight excluding hydrogens is 456 g/mol. The summed E-state index contributed by atoms with van der Waals surface area (Å²) in [6.45, 7) is 1.99. The van der Waals surface area contributed by atoms with Crippen molar-refractivity contribution in [3.8, 4) is 11.5 Å². The van der Waals surface area contributed by atoms with E-state index in [1.807, 2.05) is 30.3 Å². The SMILES string of the molecule is COc1ccc(C(C(=O)NC2CCCCC2)N(Cc2ccccc2)C(=O)c2ccoc2C)c(OC)c1. The van der Waals surface area contributed by atoms with Crippen LogP contribution in [0.5, 0.6) is 11.5 Å². The van der Waals surface area contributed by atoms with E-state index in [0.29, 0.717) is 28.4 Å². The van der Waals surface area contributed by atoms with Crippen LogP contribution in [0.15, 0.2) is 65.3 Å². The number of carbonyl (C=O) groups is 2. The molecule has 7 nitrogen and oxygen atoms in total. The average molecular weight is 491 g/mol. The third-order valence-corrected chi connectivity index (χ3v) is 6.79. The number of hydrogen-bond acceptors (Lipinski definition) is 5. The lowest BCUT2D eigenvalue weighted by molar-refractivity contribution is -0.127. The molecule has 3 aromatic rings. The first-order chi connectivity index (χ1) is 17.5. The second-order valence-corrected chi connectivity index (χ2v) is 9.16. The predicted molar refractivity (Wildman–Crippen MR) is 137 cm³/mol. The number of aryl methyl sites for hydroxylation is 1. The monoisotopic (exact) mass is 490 g/mol. The molecule has 0 radical (unpaired) electrons. The van der Waals surface area contributed by atoms with Crippen molar-refractivity contribution in [1.82, 2.24) is 10.2 Å². The van der Waals surface area contributed by atoms with Crippen molar-refractivity contribution in [2.24, 2.45) is 0 Å². The molecular formula is C29H34N2O5. The minimum atomic E-state index is -0.921. The number of carbonyl (C=O) groups excluding carboxylic acids is 2. The predicted octanol–water partition coefficient (Wildman–Crippen LogP) is 5.44. The molecule has 0 saturated heterocycles. The van der Waals surface area contributed by atoms with E-state index in [1.165, 1.54) is 12.7 Å². The molecule has 1 N–H and O–H groups in total. The Morgan fingerprint density at radius 3 is 2.42 bits per heavy atom. The van der Waals surface area contributed by atoms with Crippen molar-refractivity contribution in [2.75, 3.05) is 14.2 Å². The van der Waals surface area contributed by atoms with E-state index in [1.54, 1.807) is 50.3 Å². The van der Waals surface area contributed by atoms with Gasteiger partial charge in [0.25, 0.3) is 5.91 Å². The molecule has 0 spiro atoms. The summed E-state index contributed by atoms with van der Waals surface area (Å²) in [5.41, 5.74) is 1.93. The molecule has 4 rings (SSSR count). The molecule has 1 fully saturated rings. The first kappa shape index (κ1) is 25.4. The van der Waals surface area contributed by atoms with Crippen LogP contribution in [0.2, 0.25) is 0 Å². The van der Waals surface area contributed by atoms with Crippen LogP contribution in [0, 0.1) is 6.92 Å². The lowest BCUT2D eigenvalue weighted by Gasteiger charge is -2.34. The topological polar surface area (TPSA) is 81.0 Å². The molecule has 1 aliphatic carbocycles. The number of amides is 2. The number of hydrogen-bond donors (Lipinski definition) is 1. The lowest BCUT2D eigenvalue weighted by Crippen LogP contribution is -2.47. The molecule has 190 valence electrons. The van der Waals surface area contributed by atoms with Crippen molar-refractivity contribution >= 4 is 11.8 Å². The first-order valence-electron chi connectivity index (χ1n) is 12.4. The summed E-state index contributed by atoms with van der Waals surface area (Å²) < 4.78 is 16.5. The van der Waals surface area contributed by atoms with Gasteiger partial charge in [0.1, 0.15) is 23.3 Å². The molecule has 36 heavy (non-hydrogen) atoms. The highest BCUT2D eigenvalue weighted by atomic mass is 16.5. The van der Waals surface area contributed by atoms with E-state index in [9.17, 15) is 9.59 Å². The van der Waals surface area contributed by atoms with Crippen molar-refractivity contribution in [2.45, 2.75) is 57.7 Å². The number of benzene rings is 2. The third-order valence-electron chi connectivity index (χ3n) is 6.79. The van der Waals surface area contributed by atoms with Gasteiger partial charge in [-0.25, -0.2) is 0 Å². The minimum Gasteiger partial charge on any atom is -0.497 e. The summed E-state index contributed by atoms with van der Waals surface area (Å²) >= 11 is 0. The van der Waals surface area contributed by atoms with Crippen LogP contribution in [0.4, 0.5) is 0 Å². The van der Waals surface area contributed by atoms with Gasteiger partial charge >= 0.3 is 0 Å². The highest BCUT2D eigenvalue weighted by molar-refractivity contribution is 5.98. The highest BCUT2D eigenvalue weighted by Gasteiger charge is 2.36. The maximum absolute atomic E-state index is 14.0. The summed E-state index contributed by atoms with van der Waals surface area (Å²) in [6.07, 6.45) is 6.72. The number of furan rings is 1. The Morgan fingerprint density at radius 2 is 1.78 bits per heavy atom. The molecule has 1 heterocycles. The summed E-state index contributed by atoms with van der Waals surface area (Å²) in [6, 6.07) is 15.8. The molecule has 1 atom stereocenters. The Kier molecular flexibility index (Phi) is 8.31. The zero-order valence-corrected chi connectivity index (χ0v) is 21.2. The Bertz CT molecular complexity index is 1170. The van der Waals surface area contributed by atoms with Crippen LogP contribution in [-0.4, -0.2) is 37.0 Å². The minimum absolute atomic E-state index is 0.0855. The van der Waals surface area contributed by atoms with E-state index < -0.39 is 6.04 Å². The van der Waals surface area contributed by atoms with Crippen LogP contribution in [0.1, 0.15) is 65.4 Å². The summed E-state index contributed by atoms with van der Waals surface area (Å²) in [5.74, 6) is 1.08. The van der Waals surface area contributed by atoms with Gasteiger partial charge in [0, 0.05) is 24.2 Å². The quantitative estimate of drug-likeness (QED) is 0.432. The number of rotatable bonds is 9. The summed E-state index contributed by atoms with van der Waals surface area (Å²) in [5, 5.41) is 3.24. The van der Waals surface area contributed by atoms with Crippen LogP contribution >= 0.6 is 0 Å². The fraction of sp³-hybridized carbons (Fsp3) is 0.379. The first-order valence-corrected chi connectivity index (χ1v) is 12.4. The summed E-state index contributed by atoms with van der Waals surface area (Å²) in [7, 11) is 3.13. The fourth-order valence-corrected chi connectivity index (χ4v) is 4.84. The third kappa shape index (κ3) is 5.73. The molecule has 0 aliphatic heterocycles. The van der Waals surface area contributed by atoms with Gasteiger partial charge in [0.15, 0.2) is 0 Å². The van der Waals surface area contributed by atoms with Gasteiger partial charge in [-0.15, -0.1) is 0 Å². The van der Waals surface area contributed by atoms with Gasteiger partial charge in [-0.1, -0.05) is 49.6 Å². The van der Waals surface area contributed by atoms with Gasteiger partial charge in [-0.2, -0.15) is 0 Å². The molecule has 1 unspecified atom stereocenters. The van der Waals surface area contributed by atoms with E-state index >= 15 is 0 Å². The summed E-state index contributed by atoms with van der Waals surface area (Å²) in [4.78, 5) is 29.6. The smallest absolute Gasteiger partial charge is 0.258 e. The average Bonchev–Trinajstić information content (AvgIpc) is 3.34. The number of nitrogens with zero attached hydrogens (tertiary/aromatic N) is 1. The van der Waals surface area contributed by atoms with Crippen LogP contribution in [0.25, 0.3) is 0 Å². The van der Waals surface area contributed by atoms with Crippen molar-refractivity contribution < 1.29 is 23.5 Å². The molecule has 1 saturated carbocycles. The standard InChI is InChI=1S/C29H34N2O5/c1-20-24(16-17-36-20)29(33)31(19-21-10-6-4-7-11-21)27(28(32)30-22-12-8-5-9-13-22)25-15-14-23(34-2)18-26(25)35-3/h4,6-7,10-11,14-18,22,27H,5,8-9,12-13,19H2,1-3H3,(H,30,32). The molecule has 1 aromatic heterocycles. The maximum Gasteiger partial charge on any atom is 0.258 e. The Hall–Kier alpha value is -3.74.